The highest BCUT2D eigenvalue weighted by molar-refractivity contribution is 5.92. The van der Waals surface area contributed by atoms with Gasteiger partial charge in [0.15, 0.2) is 5.82 Å². The Hall–Kier alpha value is -3.00. The van der Waals surface area contributed by atoms with Gasteiger partial charge < -0.3 is 15.1 Å². The number of hydrogen-bond acceptors (Lipinski definition) is 6. The van der Waals surface area contributed by atoms with Crippen molar-refractivity contribution in [3.05, 3.63) is 41.2 Å². The Bertz CT molecular complexity index is 1130. The highest BCUT2D eigenvalue weighted by atomic mass is 16.1. The molecule has 3 heterocycles. The van der Waals surface area contributed by atoms with Crippen LogP contribution < -0.4 is 10.2 Å². The molecule has 2 aromatic heterocycles. The van der Waals surface area contributed by atoms with Gasteiger partial charge in [0.1, 0.15) is 5.52 Å². The minimum absolute atomic E-state index is 0.0610. The normalized spacial score (nSPS) is 14.8. The van der Waals surface area contributed by atoms with Gasteiger partial charge in [0, 0.05) is 25.6 Å². The SMILES string of the molecule is Cc1ccc(-n2nc3c(N4CCC(C(=O)NCCCCN(C)C)CC4)nnc(C)c3c2C)cc1. The van der Waals surface area contributed by atoms with Gasteiger partial charge in [-0.15, -0.1) is 5.10 Å². The third kappa shape index (κ3) is 5.22. The van der Waals surface area contributed by atoms with Gasteiger partial charge >= 0.3 is 0 Å². The average Bonchev–Trinajstić information content (AvgIpc) is 3.17. The van der Waals surface area contributed by atoms with Crippen molar-refractivity contribution >= 4 is 22.6 Å². The maximum Gasteiger partial charge on any atom is 0.223 e. The summed E-state index contributed by atoms with van der Waals surface area (Å²) in [5.74, 6) is 1.06. The van der Waals surface area contributed by atoms with Crippen LogP contribution in [0.2, 0.25) is 0 Å². The van der Waals surface area contributed by atoms with E-state index in [1.165, 1.54) is 5.56 Å². The molecule has 1 aromatic carbocycles. The predicted molar refractivity (Wildman–Crippen MR) is 137 cm³/mol. The van der Waals surface area contributed by atoms with Crippen LogP contribution in [-0.4, -0.2) is 71.1 Å². The average molecular weight is 464 g/mol. The minimum atomic E-state index is 0.0610. The molecular formula is C26H37N7O. The summed E-state index contributed by atoms with van der Waals surface area (Å²) in [7, 11) is 4.15. The Morgan fingerprint density at radius 1 is 1.06 bits per heavy atom. The predicted octanol–water partition coefficient (Wildman–Crippen LogP) is 3.42. The fourth-order valence-corrected chi connectivity index (χ4v) is 4.72. The summed E-state index contributed by atoms with van der Waals surface area (Å²) in [6.45, 7) is 9.53. The number of amides is 1. The molecule has 1 saturated heterocycles. The van der Waals surface area contributed by atoms with Crippen molar-refractivity contribution in [3.63, 3.8) is 0 Å². The number of hydrogen-bond donors (Lipinski definition) is 1. The number of nitrogens with one attached hydrogen (secondary N) is 1. The number of anilines is 1. The second-order valence-corrected chi connectivity index (χ2v) is 9.73. The van der Waals surface area contributed by atoms with Gasteiger partial charge in [-0.2, -0.15) is 10.2 Å². The summed E-state index contributed by atoms with van der Waals surface area (Å²) >= 11 is 0. The Kier molecular flexibility index (Phi) is 7.46. The Labute approximate surface area is 202 Å². The molecule has 0 radical (unpaired) electrons. The fourth-order valence-electron chi connectivity index (χ4n) is 4.72. The highest BCUT2D eigenvalue weighted by Gasteiger charge is 2.28. The fraction of sp³-hybridized carbons (Fsp3) is 0.538. The van der Waals surface area contributed by atoms with Gasteiger partial charge in [-0.25, -0.2) is 4.68 Å². The summed E-state index contributed by atoms with van der Waals surface area (Å²) < 4.78 is 1.99. The second-order valence-electron chi connectivity index (χ2n) is 9.73. The molecule has 34 heavy (non-hydrogen) atoms. The van der Waals surface area contributed by atoms with Gasteiger partial charge in [-0.3, -0.25) is 4.79 Å². The third-order valence-electron chi connectivity index (χ3n) is 6.76. The molecule has 1 aliphatic rings. The van der Waals surface area contributed by atoms with Gasteiger partial charge in [-0.05, 0) is 79.2 Å². The van der Waals surface area contributed by atoms with Crippen LogP contribution in [0.1, 0.15) is 42.6 Å². The molecular weight excluding hydrogens is 426 g/mol. The van der Waals surface area contributed by atoms with E-state index in [4.69, 9.17) is 5.10 Å². The first kappa shape index (κ1) is 24.1. The van der Waals surface area contributed by atoms with E-state index in [9.17, 15) is 4.79 Å². The zero-order valence-electron chi connectivity index (χ0n) is 21.1. The number of unbranched alkanes of at least 4 members (excludes halogenated alkanes) is 1. The molecule has 0 saturated carbocycles. The van der Waals surface area contributed by atoms with Crippen LogP contribution in [0.3, 0.4) is 0 Å². The third-order valence-corrected chi connectivity index (χ3v) is 6.76. The molecule has 182 valence electrons. The first-order valence-corrected chi connectivity index (χ1v) is 12.3. The summed E-state index contributed by atoms with van der Waals surface area (Å²) in [5.41, 5.74) is 5.09. The van der Waals surface area contributed by atoms with Gasteiger partial charge in [-0.1, -0.05) is 17.7 Å². The summed E-state index contributed by atoms with van der Waals surface area (Å²) in [6, 6.07) is 8.39. The first-order chi connectivity index (χ1) is 16.3. The van der Waals surface area contributed by atoms with E-state index in [2.05, 4.69) is 77.5 Å². The van der Waals surface area contributed by atoms with Crippen molar-refractivity contribution < 1.29 is 4.79 Å². The standard InChI is InChI=1S/C26H37N7O/c1-18-8-10-22(11-9-18)33-20(3)23-19(2)28-29-25(24(23)30-33)32-16-12-21(13-17-32)26(34)27-14-6-7-15-31(4)5/h8-11,21H,6-7,12-17H2,1-5H3,(H,27,34). The van der Waals surface area contributed by atoms with Crippen LogP contribution in [-0.2, 0) is 4.79 Å². The maximum atomic E-state index is 12.6. The van der Waals surface area contributed by atoms with Crippen molar-refractivity contribution in [2.24, 2.45) is 5.92 Å². The number of carbonyl (C=O) groups is 1. The van der Waals surface area contributed by atoms with Gasteiger partial charge in [0.2, 0.25) is 5.91 Å². The lowest BCUT2D eigenvalue weighted by Crippen LogP contribution is -2.41. The van der Waals surface area contributed by atoms with E-state index in [1.807, 2.05) is 11.6 Å². The lowest BCUT2D eigenvalue weighted by Gasteiger charge is -2.32. The van der Waals surface area contributed by atoms with E-state index < -0.39 is 0 Å². The molecule has 0 bridgehead atoms. The van der Waals surface area contributed by atoms with Crippen LogP contribution >= 0.6 is 0 Å². The Morgan fingerprint density at radius 2 is 1.76 bits per heavy atom. The monoisotopic (exact) mass is 463 g/mol. The molecule has 8 nitrogen and oxygen atoms in total. The van der Waals surface area contributed by atoms with Crippen LogP contribution in [0.25, 0.3) is 16.6 Å². The number of nitrogens with zero attached hydrogens (tertiary/aromatic N) is 6. The molecule has 0 unspecified atom stereocenters. The second kappa shape index (κ2) is 10.5. The van der Waals surface area contributed by atoms with Gasteiger partial charge in [0.05, 0.1) is 22.5 Å². The van der Waals surface area contributed by atoms with Crippen molar-refractivity contribution in [2.75, 3.05) is 45.2 Å². The minimum Gasteiger partial charge on any atom is -0.356 e. The van der Waals surface area contributed by atoms with Crippen LogP contribution in [0.5, 0.6) is 0 Å². The van der Waals surface area contributed by atoms with Crippen LogP contribution in [0, 0.1) is 26.7 Å². The maximum absolute atomic E-state index is 12.6. The Balaban J connectivity index is 1.44. The first-order valence-electron chi connectivity index (χ1n) is 12.3. The molecule has 1 fully saturated rings. The van der Waals surface area contributed by atoms with E-state index in [1.54, 1.807) is 0 Å². The number of carbonyl (C=O) groups excluding carboxylic acids is 1. The Morgan fingerprint density at radius 3 is 2.44 bits per heavy atom. The number of benzene rings is 1. The molecule has 3 aromatic rings. The topological polar surface area (TPSA) is 79.2 Å². The zero-order valence-corrected chi connectivity index (χ0v) is 21.1. The lowest BCUT2D eigenvalue weighted by atomic mass is 9.95. The molecule has 0 aliphatic carbocycles. The van der Waals surface area contributed by atoms with Gasteiger partial charge in [0.25, 0.3) is 0 Å². The summed E-state index contributed by atoms with van der Waals surface area (Å²) in [6.07, 6.45) is 3.75. The van der Waals surface area contributed by atoms with E-state index in [0.29, 0.717) is 0 Å². The van der Waals surface area contributed by atoms with Crippen LogP contribution in [0.15, 0.2) is 24.3 Å². The quantitative estimate of drug-likeness (QED) is 0.516. The van der Waals surface area contributed by atoms with Crippen molar-refractivity contribution in [2.45, 2.75) is 46.5 Å². The van der Waals surface area contributed by atoms with Crippen molar-refractivity contribution in [3.8, 4) is 5.69 Å². The number of rotatable bonds is 8. The summed E-state index contributed by atoms with van der Waals surface area (Å²) in [5, 5.41) is 18.2. The smallest absolute Gasteiger partial charge is 0.223 e. The number of aromatic nitrogens is 4. The zero-order chi connectivity index (χ0) is 24.2. The van der Waals surface area contributed by atoms with Crippen LogP contribution in [0.4, 0.5) is 5.82 Å². The summed E-state index contributed by atoms with van der Waals surface area (Å²) in [4.78, 5) is 17.1. The molecule has 1 amide bonds. The van der Waals surface area contributed by atoms with Crippen molar-refractivity contribution in [1.82, 2.24) is 30.2 Å². The van der Waals surface area contributed by atoms with E-state index in [0.717, 1.165) is 85.7 Å². The lowest BCUT2D eigenvalue weighted by molar-refractivity contribution is -0.125. The number of piperidine rings is 1. The molecule has 4 rings (SSSR count). The number of aryl methyl sites for hydroxylation is 3. The van der Waals surface area contributed by atoms with E-state index in [-0.39, 0.29) is 11.8 Å². The van der Waals surface area contributed by atoms with E-state index >= 15 is 0 Å². The molecule has 0 spiro atoms. The molecule has 0 atom stereocenters. The molecule has 1 aliphatic heterocycles. The van der Waals surface area contributed by atoms with Crippen molar-refractivity contribution in [1.29, 1.82) is 0 Å². The molecule has 1 N–H and O–H groups in total. The highest BCUT2D eigenvalue weighted by Crippen LogP contribution is 2.31. The number of fused-ring (bicyclic) bond motifs is 1. The molecule has 8 heteroatoms. The largest absolute Gasteiger partial charge is 0.356 e.